The molecule has 0 radical (unpaired) electrons. The van der Waals surface area contributed by atoms with Crippen molar-refractivity contribution in [2.75, 3.05) is 13.2 Å². The first-order valence-electron chi connectivity index (χ1n) is 9.38. The summed E-state index contributed by atoms with van der Waals surface area (Å²) in [6.45, 7) is 1.75. The molecule has 2 aliphatic heterocycles. The number of thiazole rings is 1. The summed E-state index contributed by atoms with van der Waals surface area (Å²) in [5.41, 5.74) is 3.22. The van der Waals surface area contributed by atoms with E-state index >= 15 is 0 Å². The summed E-state index contributed by atoms with van der Waals surface area (Å²) in [4.78, 5) is 31.8. The third-order valence-electron chi connectivity index (χ3n) is 4.82. The highest BCUT2D eigenvalue weighted by molar-refractivity contribution is 7.07. The SMILES string of the molecule is O=C(O)C(F)(F)F.O=C(c1cscn1)N1C[C@@H](OCc2cccnc2)[C@H]2OCCC[C@H]21. The molecule has 8 nitrogen and oxygen atoms in total. The molecule has 1 N–H and O–H groups in total. The molecule has 2 aliphatic rings. The molecule has 31 heavy (non-hydrogen) atoms. The number of carboxylic acid groups (broad SMARTS) is 1. The summed E-state index contributed by atoms with van der Waals surface area (Å²) in [5, 5.41) is 8.92. The van der Waals surface area contributed by atoms with E-state index in [1.165, 1.54) is 11.3 Å². The lowest BCUT2D eigenvalue weighted by atomic mass is 10.0. The van der Waals surface area contributed by atoms with Crippen molar-refractivity contribution in [1.82, 2.24) is 14.9 Å². The number of carbonyl (C=O) groups excluding carboxylic acids is 1. The van der Waals surface area contributed by atoms with Crippen LogP contribution in [0.2, 0.25) is 0 Å². The second-order valence-corrected chi connectivity index (χ2v) is 7.61. The number of carboxylic acids is 1. The molecular weight excluding hydrogens is 439 g/mol. The summed E-state index contributed by atoms with van der Waals surface area (Å²) < 4.78 is 43.8. The molecule has 2 fully saturated rings. The Morgan fingerprint density at radius 2 is 2.16 bits per heavy atom. The van der Waals surface area contributed by atoms with E-state index in [0.29, 0.717) is 18.8 Å². The van der Waals surface area contributed by atoms with Gasteiger partial charge in [0.2, 0.25) is 0 Å². The smallest absolute Gasteiger partial charge is 0.475 e. The van der Waals surface area contributed by atoms with Crippen LogP contribution in [0.4, 0.5) is 13.2 Å². The predicted molar refractivity (Wildman–Crippen MR) is 102 cm³/mol. The number of nitrogens with zero attached hydrogens (tertiary/aromatic N) is 3. The Bertz CT molecular complexity index is 866. The molecular formula is C19H20F3N3O5S. The zero-order chi connectivity index (χ0) is 22.4. The van der Waals surface area contributed by atoms with Crippen LogP contribution in [0.15, 0.2) is 35.4 Å². The van der Waals surface area contributed by atoms with Gasteiger partial charge in [0.25, 0.3) is 5.91 Å². The van der Waals surface area contributed by atoms with E-state index in [9.17, 15) is 18.0 Å². The summed E-state index contributed by atoms with van der Waals surface area (Å²) in [5.74, 6) is -2.78. The number of aliphatic carboxylic acids is 1. The van der Waals surface area contributed by atoms with Crippen molar-refractivity contribution in [2.24, 2.45) is 0 Å². The Kier molecular flexibility index (Phi) is 7.57. The molecule has 1 amide bonds. The number of pyridine rings is 1. The molecule has 12 heteroatoms. The summed E-state index contributed by atoms with van der Waals surface area (Å²) >= 11 is 1.44. The van der Waals surface area contributed by atoms with Gasteiger partial charge in [0, 0.05) is 24.4 Å². The van der Waals surface area contributed by atoms with E-state index in [1.807, 2.05) is 17.0 Å². The standard InChI is InChI=1S/C17H19N3O3S.C2HF3O2/c21-17(13-10-24-11-19-13)20-8-15(16-14(20)4-2-6-22-16)23-9-12-3-1-5-18-7-12;3-2(4,5)1(6)7/h1,3,5,7,10-11,14-16H,2,4,6,8-9H2;(H,6,7)/t14-,15-,16+;/m1./s1. The number of rotatable bonds is 4. The maximum absolute atomic E-state index is 12.7. The molecule has 0 bridgehead atoms. The molecule has 0 aliphatic carbocycles. The van der Waals surface area contributed by atoms with Crippen LogP contribution >= 0.6 is 11.3 Å². The van der Waals surface area contributed by atoms with Crippen LogP contribution in [0.5, 0.6) is 0 Å². The average Bonchev–Trinajstić information content (AvgIpc) is 3.41. The lowest BCUT2D eigenvalue weighted by Crippen LogP contribution is -2.44. The van der Waals surface area contributed by atoms with Crippen molar-refractivity contribution in [2.45, 2.75) is 43.9 Å². The van der Waals surface area contributed by atoms with Gasteiger partial charge in [-0.1, -0.05) is 6.07 Å². The Morgan fingerprint density at radius 3 is 2.77 bits per heavy atom. The van der Waals surface area contributed by atoms with Gasteiger partial charge in [-0.25, -0.2) is 9.78 Å². The van der Waals surface area contributed by atoms with Gasteiger partial charge in [-0.05, 0) is 24.5 Å². The molecule has 2 aromatic heterocycles. The maximum Gasteiger partial charge on any atom is 0.490 e. The van der Waals surface area contributed by atoms with Crippen molar-refractivity contribution in [1.29, 1.82) is 0 Å². The third kappa shape index (κ3) is 5.99. The molecule has 0 saturated carbocycles. The normalized spacial score (nSPS) is 22.9. The van der Waals surface area contributed by atoms with Crippen LogP contribution in [0.1, 0.15) is 28.9 Å². The molecule has 0 aromatic carbocycles. The maximum atomic E-state index is 12.7. The number of alkyl halides is 3. The quantitative estimate of drug-likeness (QED) is 0.750. The van der Waals surface area contributed by atoms with Crippen molar-refractivity contribution in [3.63, 3.8) is 0 Å². The van der Waals surface area contributed by atoms with Gasteiger partial charge in [-0.3, -0.25) is 9.78 Å². The van der Waals surface area contributed by atoms with E-state index in [0.717, 1.165) is 25.0 Å². The minimum atomic E-state index is -5.08. The van der Waals surface area contributed by atoms with Crippen LogP contribution in [-0.4, -0.2) is 69.4 Å². The lowest BCUT2D eigenvalue weighted by molar-refractivity contribution is -0.192. The summed E-state index contributed by atoms with van der Waals surface area (Å²) in [6.07, 6.45) is 0.209. The minimum absolute atomic E-state index is 0.0239. The van der Waals surface area contributed by atoms with Gasteiger partial charge in [-0.15, -0.1) is 11.3 Å². The molecule has 0 unspecified atom stereocenters. The summed E-state index contributed by atoms with van der Waals surface area (Å²) in [7, 11) is 0. The number of ether oxygens (including phenoxy) is 2. The Hall–Kier alpha value is -2.57. The van der Waals surface area contributed by atoms with Gasteiger partial charge in [-0.2, -0.15) is 13.2 Å². The Labute approximate surface area is 179 Å². The number of amides is 1. The van der Waals surface area contributed by atoms with Crippen LogP contribution in [0.25, 0.3) is 0 Å². The number of halogens is 3. The first kappa shape index (κ1) is 23.1. The predicted octanol–water partition coefficient (Wildman–Crippen LogP) is 2.76. The van der Waals surface area contributed by atoms with Gasteiger partial charge >= 0.3 is 12.1 Å². The van der Waals surface area contributed by atoms with E-state index in [-0.39, 0.29) is 24.2 Å². The van der Waals surface area contributed by atoms with Crippen LogP contribution in [0.3, 0.4) is 0 Å². The fraction of sp³-hybridized carbons (Fsp3) is 0.474. The third-order valence-corrected chi connectivity index (χ3v) is 5.41. The van der Waals surface area contributed by atoms with Gasteiger partial charge in [0.05, 0.1) is 24.7 Å². The second kappa shape index (κ2) is 10.2. The van der Waals surface area contributed by atoms with Crippen molar-refractivity contribution >= 4 is 23.2 Å². The molecule has 2 saturated heterocycles. The van der Waals surface area contributed by atoms with E-state index in [2.05, 4.69) is 9.97 Å². The highest BCUT2D eigenvalue weighted by Gasteiger charge is 2.47. The van der Waals surface area contributed by atoms with Crippen molar-refractivity contribution in [3.8, 4) is 0 Å². The van der Waals surface area contributed by atoms with E-state index in [4.69, 9.17) is 19.4 Å². The minimum Gasteiger partial charge on any atom is -0.475 e. The molecule has 4 rings (SSSR count). The van der Waals surface area contributed by atoms with E-state index < -0.39 is 12.1 Å². The number of hydrogen-bond donors (Lipinski definition) is 1. The Morgan fingerprint density at radius 1 is 1.39 bits per heavy atom. The summed E-state index contributed by atoms with van der Waals surface area (Å²) in [6, 6.07) is 3.96. The topological polar surface area (TPSA) is 102 Å². The van der Waals surface area contributed by atoms with Gasteiger partial charge in [0.15, 0.2) is 0 Å². The van der Waals surface area contributed by atoms with Gasteiger partial charge < -0.3 is 19.5 Å². The van der Waals surface area contributed by atoms with Crippen LogP contribution < -0.4 is 0 Å². The largest absolute Gasteiger partial charge is 0.490 e. The lowest BCUT2D eigenvalue weighted by Gasteiger charge is -2.31. The second-order valence-electron chi connectivity index (χ2n) is 6.89. The zero-order valence-electron chi connectivity index (χ0n) is 16.2. The van der Waals surface area contributed by atoms with Gasteiger partial charge in [0.1, 0.15) is 17.9 Å². The monoisotopic (exact) mass is 459 g/mol. The average molecular weight is 459 g/mol. The molecule has 2 aromatic rings. The molecule has 3 atom stereocenters. The number of fused-ring (bicyclic) bond motifs is 1. The Balaban J connectivity index is 0.000000339. The van der Waals surface area contributed by atoms with Crippen LogP contribution in [0, 0.1) is 0 Å². The number of aromatic nitrogens is 2. The fourth-order valence-corrected chi connectivity index (χ4v) is 3.97. The fourth-order valence-electron chi connectivity index (χ4n) is 3.44. The number of hydrogen-bond acceptors (Lipinski definition) is 7. The van der Waals surface area contributed by atoms with Crippen molar-refractivity contribution < 1.29 is 37.3 Å². The van der Waals surface area contributed by atoms with Crippen molar-refractivity contribution in [3.05, 3.63) is 46.7 Å². The highest BCUT2D eigenvalue weighted by Crippen LogP contribution is 2.32. The molecule has 168 valence electrons. The number of carbonyl (C=O) groups is 2. The molecule has 0 spiro atoms. The number of likely N-dealkylation sites (tertiary alicyclic amines) is 1. The van der Waals surface area contributed by atoms with Crippen LogP contribution in [-0.2, 0) is 20.9 Å². The zero-order valence-corrected chi connectivity index (χ0v) is 17.0. The first-order chi connectivity index (χ1) is 14.8. The van der Waals surface area contributed by atoms with E-state index in [1.54, 1.807) is 23.3 Å². The highest BCUT2D eigenvalue weighted by atomic mass is 32.1. The molecule has 4 heterocycles. The first-order valence-corrected chi connectivity index (χ1v) is 10.3.